The lowest BCUT2D eigenvalue weighted by Crippen LogP contribution is -2.47. The van der Waals surface area contributed by atoms with E-state index in [0.717, 1.165) is 51.3 Å². The maximum Gasteiger partial charge on any atom is 0.251 e. The normalized spacial score (nSPS) is 15.2. The highest BCUT2D eigenvalue weighted by Gasteiger charge is 2.16. The van der Waals surface area contributed by atoms with E-state index < -0.39 is 0 Å². The Morgan fingerprint density at radius 2 is 1.64 bits per heavy atom. The Balaban J connectivity index is 1.34. The van der Waals surface area contributed by atoms with Crippen molar-refractivity contribution < 1.29 is 4.79 Å². The van der Waals surface area contributed by atoms with Gasteiger partial charge in [0, 0.05) is 44.0 Å². The Morgan fingerprint density at radius 3 is 2.32 bits per heavy atom. The number of hydrogen-bond donors (Lipinski definition) is 1. The Bertz CT molecular complexity index is 661. The van der Waals surface area contributed by atoms with Gasteiger partial charge in [0.15, 0.2) is 0 Å². The van der Waals surface area contributed by atoms with Crippen LogP contribution < -0.4 is 10.2 Å². The lowest BCUT2D eigenvalue weighted by atomic mass is 10.1. The van der Waals surface area contributed by atoms with Crippen LogP contribution in [-0.2, 0) is 0 Å². The van der Waals surface area contributed by atoms with Gasteiger partial charge in [-0.05, 0) is 44.2 Å². The molecule has 3 rings (SSSR count). The Hall–Kier alpha value is -2.33. The number of hydrogen-bond acceptors (Lipinski definition) is 3. The van der Waals surface area contributed by atoms with E-state index in [2.05, 4.69) is 45.4 Å². The van der Waals surface area contributed by atoms with Crippen LogP contribution in [-0.4, -0.2) is 50.1 Å². The molecule has 0 aliphatic carbocycles. The molecule has 0 bridgehead atoms. The smallest absolute Gasteiger partial charge is 0.251 e. The van der Waals surface area contributed by atoms with Crippen LogP contribution in [0.1, 0.15) is 22.3 Å². The van der Waals surface area contributed by atoms with Crippen molar-refractivity contribution in [3.8, 4) is 0 Å². The molecule has 4 nitrogen and oxygen atoms in total. The summed E-state index contributed by atoms with van der Waals surface area (Å²) in [5.74, 6) is 0.0221. The molecule has 4 heteroatoms. The monoisotopic (exact) mass is 337 g/mol. The predicted molar refractivity (Wildman–Crippen MR) is 103 cm³/mol. The Kier molecular flexibility index (Phi) is 6.07. The minimum Gasteiger partial charge on any atom is -0.369 e. The minimum atomic E-state index is 0.0221. The van der Waals surface area contributed by atoms with Crippen molar-refractivity contribution in [2.45, 2.75) is 13.3 Å². The molecule has 0 atom stereocenters. The second kappa shape index (κ2) is 8.67. The first-order chi connectivity index (χ1) is 12.2. The number of anilines is 1. The van der Waals surface area contributed by atoms with Crippen LogP contribution in [0.5, 0.6) is 0 Å². The topological polar surface area (TPSA) is 35.6 Å². The van der Waals surface area contributed by atoms with Crippen LogP contribution in [0.25, 0.3) is 0 Å². The van der Waals surface area contributed by atoms with E-state index in [1.165, 1.54) is 11.3 Å². The van der Waals surface area contributed by atoms with E-state index in [0.29, 0.717) is 0 Å². The average Bonchev–Trinajstić information content (AvgIpc) is 2.67. The second-order valence-corrected chi connectivity index (χ2v) is 6.64. The second-order valence-electron chi connectivity index (χ2n) is 6.64. The first-order valence-corrected chi connectivity index (χ1v) is 9.09. The van der Waals surface area contributed by atoms with Crippen LogP contribution in [0.15, 0.2) is 54.6 Å². The van der Waals surface area contributed by atoms with Crippen LogP contribution in [0, 0.1) is 6.92 Å². The largest absolute Gasteiger partial charge is 0.369 e. The van der Waals surface area contributed by atoms with Crippen LogP contribution >= 0.6 is 0 Å². The van der Waals surface area contributed by atoms with Crippen molar-refractivity contribution in [3.63, 3.8) is 0 Å². The summed E-state index contributed by atoms with van der Waals surface area (Å²) in [5, 5.41) is 3.02. The zero-order valence-corrected chi connectivity index (χ0v) is 14.9. The summed E-state index contributed by atoms with van der Waals surface area (Å²) >= 11 is 0. The number of para-hydroxylation sites is 1. The molecule has 1 heterocycles. The van der Waals surface area contributed by atoms with Crippen molar-refractivity contribution in [1.29, 1.82) is 0 Å². The van der Waals surface area contributed by atoms with E-state index in [1.54, 1.807) is 0 Å². The van der Waals surface area contributed by atoms with Crippen molar-refractivity contribution in [2.75, 3.05) is 44.2 Å². The Morgan fingerprint density at radius 1 is 0.960 bits per heavy atom. The molecule has 1 fully saturated rings. The summed E-state index contributed by atoms with van der Waals surface area (Å²) in [6.45, 7) is 8.10. The Labute approximate surface area is 150 Å². The van der Waals surface area contributed by atoms with Gasteiger partial charge in [0.1, 0.15) is 0 Å². The molecule has 1 saturated heterocycles. The molecular weight excluding hydrogens is 310 g/mol. The third kappa shape index (κ3) is 5.07. The van der Waals surface area contributed by atoms with Gasteiger partial charge in [-0.25, -0.2) is 0 Å². The fourth-order valence-electron chi connectivity index (χ4n) is 3.18. The van der Waals surface area contributed by atoms with Crippen molar-refractivity contribution in [1.82, 2.24) is 10.2 Å². The molecule has 132 valence electrons. The number of rotatable bonds is 6. The van der Waals surface area contributed by atoms with Gasteiger partial charge in [0.05, 0.1) is 0 Å². The number of piperazine rings is 1. The highest BCUT2D eigenvalue weighted by atomic mass is 16.1. The molecule has 2 aromatic rings. The third-order valence-electron chi connectivity index (χ3n) is 4.74. The highest BCUT2D eigenvalue weighted by molar-refractivity contribution is 5.94. The summed E-state index contributed by atoms with van der Waals surface area (Å²) in [6, 6.07) is 18.3. The number of nitrogens with zero attached hydrogens (tertiary/aromatic N) is 2. The van der Waals surface area contributed by atoms with E-state index in [1.807, 2.05) is 31.2 Å². The van der Waals surface area contributed by atoms with Gasteiger partial charge in [0.2, 0.25) is 0 Å². The molecule has 0 unspecified atom stereocenters. The van der Waals surface area contributed by atoms with E-state index in [9.17, 15) is 4.79 Å². The average molecular weight is 337 g/mol. The van der Waals surface area contributed by atoms with Gasteiger partial charge in [-0.1, -0.05) is 35.9 Å². The van der Waals surface area contributed by atoms with Gasteiger partial charge < -0.3 is 10.2 Å². The van der Waals surface area contributed by atoms with Crippen molar-refractivity contribution in [2.24, 2.45) is 0 Å². The van der Waals surface area contributed by atoms with Crippen LogP contribution in [0.3, 0.4) is 0 Å². The van der Waals surface area contributed by atoms with E-state index >= 15 is 0 Å². The molecule has 1 aliphatic heterocycles. The summed E-state index contributed by atoms with van der Waals surface area (Å²) in [7, 11) is 0. The van der Waals surface area contributed by atoms with Gasteiger partial charge in [-0.15, -0.1) is 0 Å². The molecule has 0 radical (unpaired) electrons. The molecular formula is C21H27N3O. The minimum absolute atomic E-state index is 0.0221. The number of nitrogens with one attached hydrogen (secondary N) is 1. The molecule has 2 aromatic carbocycles. The zero-order valence-electron chi connectivity index (χ0n) is 14.9. The third-order valence-corrected chi connectivity index (χ3v) is 4.74. The maximum absolute atomic E-state index is 12.1. The van der Waals surface area contributed by atoms with E-state index in [4.69, 9.17) is 0 Å². The van der Waals surface area contributed by atoms with Gasteiger partial charge in [0.25, 0.3) is 5.91 Å². The summed E-state index contributed by atoms with van der Waals surface area (Å²) in [5.41, 5.74) is 3.22. The zero-order chi connectivity index (χ0) is 17.5. The number of carbonyl (C=O) groups excluding carboxylic acids is 1. The SMILES string of the molecule is Cc1ccc(C(=O)NCCCN2CCN(c3ccccc3)CC2)cc1. The number of carbonyl (C=O) groups is 1. The van der Waals surface area contributed by atoms with E-state index in [-0.39, 0.29) is 5.91 Å². The van der Waals surface area contributed by atoms with Crippen LogP contribution in [0.4, 0.5) is 5.69 Å². The summed E-state index contributed by atoms with van der Waals surface area (Å²) in [4.78, 5) is 17.0. The molecule has 0 aromatic heterocycles. The van der Waals surface area contributed by atoms with Gasteiger partial charge in [-0.3, -0.25) is 9.69 Å². The lowest BCUT2D eigenvalue weighted by molar-refractivity contribution is 0.0951. The number of aryl methyl sites for hydroxylation is 1. The molecule has 1 amide bonds. The molecule has 1 N–H and O–H groups in total. The molecule has 1 aliphatic rings. The fourth-order valence-corrected chi connectivity index (χ4v) is 3.18. The van der Waals surface area contributed by atoms with Gasteiger partial charge >= 0.3 is 0 Å². The summed E-state index contributed by atoms with van der Waals surface area (Å²) in [6.07, 6.45) is 0.989. The molecule has 25 heavy (non-hydrogen) atoms. The molecule has 0 spiro atoms. The molecule has 0 saturated carbocycles. The first-order valence-electron chi connectivity index (χ1n) is 9.09. The fraction of sp³-hybridized carbons (Fsp3) is 0.381. The summed E-state index contributed by atoms with van der Waals surface area (Å²) < 4.78 is 0. The predicted octanol–water partition coefficient (Wildman–Crippen LogP) is 2.94. The lowest BCUT2D eigenvalue weighted by Gasteiger charge is -2.36. The number of amides is 1. The van der Waals surface area contributed by atoms with Crippen LogP contribution in [0.2, 0.25) is 0 Å². The van der Waals surface area contributed by atoms with Crippen molar-refractivity contribution in [3.05, 3.63) is 65.7 Å². The standard InChI is InChI=1S/C21H27N3O/c1-18-8-10-19(11-9-18)21(25)22-12-5-13-23-14-16-24(17-15-23)20-6-3-2-4-7-20/h2-4,6-11H,5,12-17H2,1H3,(H,22,25). The highest BCUT2D eigenvalue weighted by Crippen LogP contribution is 2.15. The quantitative estimate of drug-likeness (QED) is 0.823. The maximum atomic E-state index is 12.1. The van der Waals surface area contributed by atoms with Gasteiger partial charge in [-0.2, -0.15) is 0 Å². The first kappa shape index (κ1) is 17.5. The van der Waals surface area contributed by atoms with Crippen molar-refractivity contribution >= 4 is 11.6 Å². The number of benzene rings is 2.